The van der Waals surface area contributed by atoms with Gasteiger partial charge in [-0.3, -0.25) is 8.78 Å². The average Bonchev–Trinajstić information content (AvgIpc) is 2.20. The molecule has 0 aromatic carbocycles. The molecule has 2 nitrogen and oxygen atoms in total. The lowest BCUT2D eigenvalue weighted by Gasteiger charge is -2.67. The molecule has 0 amide bonds. The molecule has 0 atom stereocenters. The summed E-state index contributed by atoms with van der Waals surface area (Å²) >= 11 is 0. The van der Waals surface area contributed by atoms with Gasteiger partial charge in [-0.25, -0.2) is 0 Å². The Kier molecular flexibility index (Phi) is 2.83. The summed E-state index contributed by atoms with van der Waals surface area (Å²) in [4.78, 5) is 0. The summed E-state index contributed by atoms with van der Waals surface area (Å²) < 4.78 is 25.6. The van der Waals surface area contributed by atoms with E-state index in [4.69, 9.17) is 0 Å². The normalized spacial score (nSPS) is 31.4. The topological polar surface area (TPSA) is 40.5 Å². The lowest BCUT2D eigenvalue weighted by molar-refractivity contribution is -0.272. The predicted octanol–water partition coefficient (Wildman–Crippen LogP) is 2.24. The van der Waals surface area contributed by atoms with E-state index in [0.717, 1.165) is 12.8 Å². The summed E-state index contributed by atoms with van der Waals surface area (Å²) in [6.07, 6.45) is 1.73. The molecule has 0 heterocycles. The van der Waals surface area contributed by atoms with Gasteiger partial charge < -0.3 is 10.2 Å². The molecule has 2 aliphatic carbocycles. The Morgan fingerprint density at radius 1 is 1.00 bits per heavy atom. The van der Waals surface area contributed by atoms with Crippen molar-refractivity contribution in [3.63, 3.8) is 0 Å². The summed E-state index contributed by atoms with van der Waals surface area (Å²) in [6, 6.07) is 0. The number of alkyl halides is 2. The zero-order valence-electron chi connectivity index (χ0n) is 10.6. The molecule has 4 heteroatoms. The van der Waals surface area contributed by atoms with Crippen LogP contribution in [0.1, 0.15) is 39.5 Å². The Morgan fingerprint density at radius 2 is 1.47 bits per heavy atom. The molecule has 2 aliphatic rings. The summed E-state index contributed by atoms with van der Waals surface area (Å²) in [5.74, 6) is 0. The van der Waals surface area contributed by atoms with E-state index < -0.39 is 29.8 Å². The van der Waals surface area contributed by atoms with Crippen LogP contribution in [0, 0.1) is 16.2 Å². The number of hydrogen-bond acceptors (Lipinski definition) is 2. The lowest BCUT2D eigenvalue weighted by atomic mass is 9.40. The Bertz CT molecular complexity index is 295. The highest BCUT2D eigenvalue weighted by Crippen LogP contribution is 2.67. The first-order chi connectivity index (χ1) is 7.76. The van der Waals surface area contributed by atoms with Gasteiger partial charge >= 0.3 is 0 Å². The van der Waals surface area contributed by atoms with Crippen LogP contribution >= 0.6 is 0 Å². The van der Waals surface area contributed by atoms with Crippen molar-refractivity contribution in [1.29, 1.82) is 0 Å². The van der Waals surface area contributed by atoms with E-state index in [1.807, 2.05) is 0 Å². The maximum atomic E-state index is 12.8. The van der Waals surface area contributed by atoms with Crippen molar-refractivity contribution in [3.8, 4) is 0 Å². The first-order valence-electron chi connectivity index (χ1n) is 6.21. The standard InChI is InChI=1S/C13H22F2O2/c1-10(2)3-12(4-10,9-16)13(17)5-11(6-13,7-14)8-15/h16-17H,3-9H2,1-2H3. The van der Waals surface area contributed by atoms with Crippen LogP contribution in [-0.4, -0.2) is 35.8 Å². The molecule has 100 valence electrons. The number of halogens is 2. The minimum absolute atomic E-state index is 0.0957. The van der Waals surface area contributed by atoms with Gasteiger partial charge in [0.1, 0.15) is 0 Å². The fourth-order valence-electron chi connectivity index (χ4n) is 4.16. The molecule has 0 unspecified atom stereocenters. The molecule has 0 saturated heterocycles. The number of hydrogen-bond donors (Lipinski definition) is 2. The van der Waals surface area contributed by atoms with Crippen LogP contribution in [0.5, 0.6) is 0 Å². The van der Waals surface area contributed by atoms with Crippen molar-refractivity contribution in [2.75, 3.05) is 20.0 Å². The highest BCUT2D eigenvalue weighted by atomic mass is 19.1. The Hall–Kier alpha value is -0.220. The molecule has 0 aromatic heterocycles. The maximum Gasteiger partial charge on any atom is 0.0977 e. The predicted molar refractivity (Wildman–Crippen MR) is 61.1 cm³/mol. The highest BCUT2D eigenvalue weighted by Gasteiger charge is 2.68. The first kappa shape index (κ1) is 13.2. The molecule has 2 N–H and O–H groups in total. The third-order valence-electron chi connectivity index (χ3n) is 4.83. The maximum absolute atomic E-state index is 12.8. The van der Waals surface area contributed by atoms with Crippen molar-refractivity contribution >= 4 is 0 Å². The fourth-order valence-corrected chi connectivity index (χ4v) is 4.16. The van der Waals surface area contributed by atoms with E-state index >= 15 is 0 Å². The fraction of sp³-hybridized carbons (Fsp3) is 1.00. The molecule has 0 bridgehead atoms. The van der Waals surface area contributed by atoms with Crippen LogP contribution < -0.4 is 0 Å². The molecule has 0 aromatic rings. The van der Waals surface area contributed by atoms with Gasteiger partial charge in [-0.2, -0.15) is 0 Å². The van der Waals surface area contributed by atoms with E-state index in [0.29, 0.717) is 0 Å². The van der Waals surface area contributed by atoms with Crippen molar-refractivity contribution in [1.82, 2.24) is 0 Å². The minimum Gasteiger partial charge on any atom is -0.396 e. The first-order valence-corrected chi connectivity index (χ1v) is 6.21. The molecular formula is C13H22F2O2. The summed E-state index contributed by atoms with van der Waals surface area (Å²) in [7, 11) is 0. The molecule has 0 spiro atoms. The summed E-state index contributed by atoms with van der Waals surface area (Å²) in [5, 5.41) is 20.1. The van der Waals surface area contributed by atoms with Crippen molar-refractivity contribution < 1.29 is 19.0 Å². The molecule has 17 heavy (non-hydrogen) atoms. The average molecular weight is 248 g/mol. The van der Waals surface area contributed by atoms with Crippen LogP contribution in [-0.2, 0) is 0 Å². The van der Waals surface area contributed by atoms with Crippen LogP contribution in [0.4, 0.5) is 8.78 Å². The van der Waals surface area contributed by atoms with Gasteiger partial charge in [0.2, 0.25) is 0 Å². The lowest BCUT2D eigenvalue weighted by Crippen LogP contribution is -2.69. The van der Waals surface area contributed by atoms with Gasteiger partial charge in [-0.05, 0) is 31.1 Å². The second kappa shape index (κ2) is 3.64. The zero-order valence-corrected chi connectivity index (χ0v) is 10.6. The van der Waals surface area contributed by atoms with Gasteiger partial charge in [0, 0.05) is 10.8 Å². The van der Waals surface area contributed by atoms with Gasteiger partial charge in [0.05, 0.1) is 25.6 Å². The third kappa shape index (κ3) is 1.72. The largest absolute Gasteiger partial charge is 0.396 e. The van der Waals surface area contributed by atoms with E-state index in [1.165, 1.54) is 0 Å². The highest BCUT2D eigenvalue weighted by molar-refractivity contribution is 5.18. The van der Waals surface area contributed by atoms with E-state index in [-0.39, 0.29) is 24.9 Å². The van der Waals surface area contributed by atoms with Gasteiger partial charge in [-0.15, -0.1) is 0 Å². The quantitative estimate of drug-likeness (QED) is 0.801. The Labute approximate surface area is 101 Å². The SMILES string of the molecule is CC1(C)CC(CO)(C2(O)CC(CF)(CF)C2)C1. The van der Waals surface area contributed by atoms with Gasteiger partial charge in [0.15, 0.2) is 0 Å². The summed E-state index contributed by atoms with van der Waals surface area (Å²) in [5.41, 5.74) is -2.49. The molecular weight excluding hydrogens is 226 g/mol. The van der Waals surface area contributed by atoms with E-state index in [2.05, 4.69) is 13.8 Å². The smallest absolute Gasteiger partial charge is 0.0977 e. The van der Waals surface area contributed by atoms with Gasteiger partial charge in [0.25, 0.3) is 0 Å². The second-order valence-corrected chi connectivity index (χ2v) is 7.11. The van der Waals surface area contributed by atoms with Crippen LogP contribution in [0.15, 0.2) is 0 Å². The van der Waals surface area contributed by atoms with Crippen LogP contribution in [0.2, 0.25) is 0 Å². The molecule has 0 radical (unpaired) electrons. The molecule has 2 saturated carbocycles. The minimum atomic E-state index is -1.07. The van der Waals surface area contributed by atoms with Crippen LogP contribution in [0.3, 0.4) is 0 Å². The van der Waals surface area contributed by atoms with E-state index in [9.17, 15) is 19.0 Å². The molecule has 2 rings (SSSR count). The monoisotopic (exact) mass is 248 g/mol. The molecule has 2 fully saturated rings. The van der Waals surface area contributed by atoms with Crippen molar-refractivity contribution in [3.05, 3.63) is 0 Å². The van der Waals surface area contributed by atoms with Gasteiger partial charge in [-0.1, -0.05) is 13.8 Å². The van der Waals surface area contributed by atoms with Crippen molar-refractivity contribution in [2.24, 2.45) is 16.2 Å². The van der Waals surface area contributed by atoms with Crippen molar-refractivity contribution in [2.45, 2.75) is 45.1 Å². The second-order valence-electron chi connectivity index (χ2n) is 7.11. The molecule has 0 aliphatic heterocycles. The summed E-state index contributed by atoms with van der Waals surface area (Å²) in [6.45, 7) is 2.62. The number of rotatable bonds is 4. The van der Waals surface area contributed by atoms with E-state index in [1.54, 1.807) is 0 Å². The Balaban J connectivity index is 2.09. The number of aliphatic hydroxyl groups is 2. The number of aliphatic hydroxyl groups excluding tert-OH is 1. The zero-order chi connectivity index (χ0) is 12.9. The van der Waals surface area contributed by atoms with Crippen LogP contribution in [0.25, 0.3) is 0 Å². The third-order valence-corrected chi connectivity index (χ3v) is 4.83. The Morgan fingerprint density at radius 3 is 1.76 bits per heavy atom.